The smallest absolute Gasteiger partial charge is 0.166 e. The van der Waals surface area contributed by atoms with Gasteiger partial charge in [-0.2, -0.15) is 0 Å². The van der Waals surface area contributed by atoms with Gasteiger partial charge in [0.1, 0.15) is 0 Å². The highest BCUT2D eigenvalue weighted by atomic mass is 32.2. The largest absolute Gasteiger partial charge is 0.366 e. The second kappa shape index (κ2) is 7.24. The van der Waals surface area contributed by atoms with Gasteiger partial charge in [-0.1, -0.05) is 0 Å². The third-order valence-corrected chi connectivity index (χ3v) is 3.39. The molecular weight excluding hydrogens is 244 g/mol. The van der Waals surface area contributed by atoms with Crippen molar-refractivity contribution in [3.05, 3.63) is 24.3 Å². The van der Waals surface area contributed by atoms with Crippen molar-refractivity contribution in [1.82, 2.24) is 20.6 Å². The standard InChI is InChI=1S/C9H14N4OS2/c1-10-9(15)13-4-5-16(14)7-8-6-11-2-3-12-8/h2-3,6H,4-5,7H2,1H3,(H2,10,13,15)/t16-/m1/s1. The minimum Gasteiger partial charge on any atom is -0.366 e. The van der Waals surface area contributed by atoms with E-state index in [1.54, 1.807) is 25.6 Å². The summed E-state index contributed by atoms with van der Waals surface area (Å²) < 4.78 is 11.6. The number of nitrogens with zero attached hydrogens (tertiary/aromatic N) is 2. The third-order valence-electron chi connectivity index (χ3n) is 1.77. The highest BCUT2D eigenvalue weighted by molar-refractivity contribution is 7.84. The van der Waals surface area contributed by atoms with E-state index < -0.39 is 10.8 Å². The molecule has 7 heteroatoms. The number of hydrogen-bond acceptors (Lipinski definition) is 4. The third kappa shape index (κ3) is 5.13. The van der Waals surface area contributed by atoms with E-state index in [2.05, 4.69) is 20.6 Å². The fourth-order valence-electron chi connectivity index (χ4n) is 1.01. The van der Waals surface area contributed by atoms with Gasteiger partial charge in [0.2, 0.25) is 0 Å². The number of aromatic nitrogens is 2. The van der Waals surface area contributed by atoms with Crippen LogP contribution in [-0.2, 0) is 16.6 Å². The van der Waals surface area contributed by atoms with E-state index in [-0.39, 0.29) is 0 Å². The molecule has 0 aliphatic rings. The molecule has 1 heterocycles. The Bertz CT molecular complexity index is 358. The van der Waals surface area contributed by atoms with Crippen LogP contribution in [0.25, 0.3) is 0 Å². The van der Waals surface area contributed by atoms with Crippen LogP contribution in [0.3, 0.4) is 0 Å². The van der Waals surface area contributed by atoms with Crippen molar-refractivity contribution >= 4 is 28.1 Å². The molecule has 1 rings (SSSR count). The van der Waals surface area contributed by atoms with Crippen LogP contribution in [-0.4, -0.2) is 38.6 Å². The SMILES string of the molecule is CNC(=S)NCC[S@@](=O)Cc1cnccn1. The first-order valence-corrected chi connectivity index (χ1v) is 6.67. The molecular formula is C9H14N4OS2. The van der Waals surface area contributed by atoms with Crippen LogP contribution < -0.4 is 10.6 Å². The molecule has 1 atom stereocenters. The summed E-state index contributed by atoms with van der Waals surface area (Å²) in [5.74, 6) is 0.972. The average molecular weight is 258 g/mol. The van der Waals surface area contributed by atoms with Crippen LogP contribution in [0.2, 0.25) is 0 Å². The molecule has 0 saturated carbocycles. The second-order valence-corrected chi connectivity index (χ2v) is 4.98. The van der Waals surface area contributed by atoms with E-state index in [1.165, 1.54) is 0 Å². The molecule has 0 aliphatic carbocycles. The van der Waals surface area contributed by atoms with Gasteiger partial charge in [0.25, 0.3) is 0 Å². The Kier molecular flexibility index (Phi) is 5.87. The first-order chi connectivity index (χ1) is 7.72. The zero-order chi connectivity index (χ0) is 11.8. The summed E-state index contributed by atoms with van der Waals surface area (Å²) >= 11 is 4.89. The molecule has 0 aliphatic heterocycles. The van der Waals surface area contributed by atoms with Crippen molar-refractivity contribution in [2.45, 2.75) is 5.75 Å². The van der Waals surface area contributed by atoms with Crippen molar-refractivity contribution in [1.29, 1.82) is 0 Å². The topological polar surface area (TPSA) is 66.9 Å². The van der Waals surface area contributed by atoms with Crippen LogP contribution in [0.4, 0.5) is 0 Å². The molecule has 0 bridgehead atoms. The van der Waals surface area contributed by atoms with Gasteiger partial charge in [0.15, 0.2) is 5.11 Å². The molecule has 1 aromatic heterocycles. The van der Waals surface area contributed by atoms with Crippen LogP contribution in [0.5, 0.6) is 0 Å². The van der Waals surface area contributed by atoms with Gasteiger partial charge in [-0.05, 0) is 12.2 Å². The number of thiocarbonyl (C=S) groups is 1. The normalized spacial score (nSPS) is 11.8. The van der Waals surface area contributed by atoms with Gasteiger partial charge < -0.3 is 10.6 Å². The Hall–Kier alpha value is -1.08. The molecule has 0 radical (unpaired) electrons. The predicted molar refractivity (Wildman–Crippen MR) is 68.4 cm³/mol. The number of nitrogens with one attached hydrogen (secondary N) is 2. The summed E-state index contributed by atoms with van der Waals surface area (Å²) in [6, 6.07) is 0. The van der Waals surface area contributed by atoms with Crippen molar-refractivity contribution in [3.63, 3.8) is 0 Å². The van der Waals surface area contributed by atoms with E-state index in [0.29, 0.717) is 23.2 Å². The summed E-state index contributed by atoms with van der Waals surface area (Å²) in [5, 5.41) is 6.29. The zero-order valence-electron chi connectivity index (χ0n) is 8.97. The first kappa shape index (κ1) is 13.0. The Morgan fingerprint density at radius 1 is 1.56 bits per heavy atom. The van der Waals surface area contributed by atoms with Crippen molar-refractivity contribution in [2.75, 3.05) is 19.3 Å². The van der Waals surface area contributed by atoms with Gasteiger partial charge in [0.05, 0.1) is 11.4 Å². The summed E-state index contributed by atoms with van der Waals surface area (Å²) in [7, 11) is 0.800. The number of rotatable bonds is 5. The fraction of sp³-hybridized carbons (Fsp3) is 0.444. The lowest BCUT2D eigenvalue weighted by Crippen LogP contribution is -2.35. The molecule has 0 saturated heterocycles. The molecule has 0 spiro atoms. The van der Waals surface area contributed by atoms with E-state index in [0.717, 1.165) is 5.69 Å². The molecule has 0 aromatic carbocycles. The van der Waals surface area contributed by atoms with E-state index in [9.17, 15) is 4.21 Å². The minimum atomic E-state index is -0.942. The lowest BCUT2D eigenvalue weighted by atomic mass is 10.5. The maximum atomic E-state index is 11.6. The van der Waals surface area contributed by atoms with Gasteiger partial charge >= 0.3 is 0 Å². The molecule has 88 valence electrons. The Balaban J connectivity index is 2.24. The first-order valence-electron chi connectivity index (χ1n) is 4.78. The highest BCUT2D eigenvalue weighted by Gasteiger charge is 2.02. The van der Waals surface area contributed by atoms with Crippen molar-refractivity contribution < 1.29 is 4.21 Å². The zero-order valence-corrected chi connectivity index (χ0v) is 10.6. The lowest BCUT2D eigenvalue weighted by Gasteiger charge is -2.06. The van der Waals surface area contributed by atoms with E-state index in [4.69, 9.17) is 12.2 Å². The molecule has 0 amide bonds. The highest BCUT2D eigenvalue weighted by Crippen LogP contribution is 1.96. The Morgan fingerprint density at radius 2 is 2.38 bits per heavy atom. The monoisotopic (exact) mass is 258 g/mol. The van der Waals surface area contributed by atoms with Crippen LogP contribution in [0.15, 0.2) is 18.6 Å². The summed E-state index contributed by atoms with van der Waals surface area (Å²) in [6.07, 6.45) is 4.82. The molecule has 2 N–H and O–H groups in total. The number of hydrogen-bond donors (Lipinski definition) is 2. The minimum absolute atomic E-state index is 0.432. The van der Waals surface area contributed by atoms with Gasteiger partial charge in [-0.25, -0.2) is 0 Å². The lowest BCUT2D eigenvalue weighted by molar-refractivity contribution is 0.680. The summed E-state index contributed by atoms with van der Waals surface area (Å²) in [5.41, 5.74) is 0.747. The fourth-order valence-corrected chi connectivity index (χ4v) is 2.06. The molecule has 0 unspecified atom stereocenters. The predicted octanol–water partition coefficient (Wildman–Crippen LogP) is -0.181. The van der Waals surface area contributed by atoms with Gasteiger partial charge in [-0.15, -0.1) is 0 Å². The molecule has 1 aromatic rings. The maximum absolute atomic E-state index is 11.6. The summed E-state index contributed by atoms with van der Waals surface area (Å²) in [6.45, 7) is 0.590. The van der Waals surface area contributed by atoms with Crippen LogP contribution in [0, 0.1) is 0 Å². The average Bonchev–Trinajstić information content (AvgIpc) is 2.30. The maximum Gasteiger partial charge on any atom is 0.166 e. The second-order valence-electron chi connectivity index (χ2n) is 2.99. The van der Waals surface area contributed by atoms with Crippen LogP contribution in [0.1, 0.15) is 5.69 Å². The molecule has 0 fully saturated rings. The molecule has 16 heavy (non-hydrogen) atoms. The Morgan fingerprint density at radius 3 is 3.00 bits per heavy atom. The van der Waals surface area contributed by atoms with E-state index >= 15 is 0 Å². The van der Waals surface area contributed by atoms with Crippen molar-refractivity contribution in [3.8, 4) is 0 Å². The van der Waals surface area contributed by atoms with Crippen LogP contribution >= 0.6 is 12.2 Å². The van der Waals surface area contributed by atoms with Crippen molar-refractivity contribution in [2.24, 2.45) is 0 Å². The molecule has 5 nitrogen and oxygen atoms in total. The quantitative estimate of drug-likeness (QED) is 0.714. The Labute approximate surface area is 103 Å². The van der Waals surface area contributed by atoms with E-state index in [1.807, 2.05) is 0 Å². The van der Waals surface area contributed by atoms with Gasteiger partial charge in [-0.3, -0.25) is 14.2 Å². The summed E-state index contributed by atoms with van der Waals surface area (Å²) in [4.78, 5) is 7.98. The van der Waals surface area contributed by atoms with Gasteiger partial charge in [0, 0.05) is 48.7 Å².